The van der Waals surface area contributed by atoms with Crippen LogP contribution in [0.5, 0.6) is 0 Å². The molecular weight excluding hydrogens is 318 g/mol. The normalized spacial score (nSPS) is 8.05. The van der Waals surface area contributed by atoms with Gasteiger partial charge in [0.2, 0.25) is 0 Å². The fraction of sp³-hybridized carbons (Fsp3) is 0.385. The van der Waals surface area contributed by atoms with E-state index < -0.39 is 23.1 Å². The van der Waals surface area contributed by atoms with Gasteiger partial charge in [-0.3, -0.25) is 19.2 Å². The van der Waals surface area contributed by atoms with Crippen LogP contribution in [0.3, 0.4) is 0 Å². The summed E-state index contributed by atoms with van der Waals surface area (Å²) in [7, 11) is 0. The Morgan fingerprint density at radius 3 is 1.05 bits per heavy atom. The van der Waals surface area contributed by atoms with E-state index in [1.807, 2.05) is 0 Å². The fourth-order valence-corrected chi connectivity index (χ4v) is 1.19. The van der Waals surface area contributed by atoms with Crippen LogP contribution in [0.15, 0.2) is 23.2 Å². The van der Waals surface area contributed by atoms with Gasteiger partial charge >= 0.3 is 0 Å². The van der Waals surface area contributed by atoms with Gasteiger partial charge in [0.05, 0.1) is 17.4 Å². The number of hydrogen-bond acceptors (Lipinski definition) is 6. The Morgan fingerprint density at radius 2 is 1.05 bits per heavy atom. The summed E-state index contributed by atoms with van der Waals surface area (Å²) in [4.78, 5) is 41.9. The van der Waals surface area contributed by atoms with E-state index in [-0.39, 0.29) is 36.4 Å². The van der Waals surface area contributed by atoms with Crippen molar-refractivity contribution in [1.82, 2.24) is 0 Å². The predicted octanol–water partition coefficient (Wildman–Crippen LogP) is 1.60. The number of aliphatic hydroxyl groups excluding tert-OH is 2. The van der Waals surface area contributed by atoms with Crippen molar-refractivity contribution in [2.45, 2.75) is 34.6 Å². The molecule has 0 saturated carbocycles. The number of aliphatic hydroxyl groups is 2. The van der Waals surface area contributed by atoms with E-state index in [2.05, 4.69) is 0 Å². The third-order valence-electron chi connectivity index (χ3n) is 1.95. The zero-order chi connectivity index (χ0) is 15.7. The van der Waals surface area contributed by atoms with Crippen molar-refractivity contribution < 1.29 is 48.9 Å². The largest absolute Gasteiger partial charge is 0.515 e. The second kappa shape index (κ2) is 11.2. The molecule has 0 aliphatic rings. The number of ketones is 4. The smallest absolute Gasteiger partial charge is 0.166 e. The zero-order valence-corrected chi connectivity index (χ0v) is 15.3. The topological polar surface area (TPSA) is 109 Å². The molecule has 0 aliphatic heterocycles. The Hall–Kier alpha value is -1.62. The minimum Gasteiger partial charge on any atom is -0.515 e. The van der Waals surface area contributed by atoms with Crippen molar-refractivity contribution in [3.05, 3.63) is 23.2 Å². The van der Waals surface area contributed by atoms with Crippen LogP contribution in [-0.4, -0.2) is 33.3 Å². The summed E-state index contributed by atoms with van der Waals surface area (Å²) >= 11 is 0. The molecule has 0 fully saturated rings. The van der Waals surface area contributed by atoms with Crippen molar-refractivity contribution in [2.75, 3.05) is 0 Å². The Morgan fingerprint density at radius 1 is 0.750 bits per heavy atom. The summed E-state index contributed by atoms with van der Waals surface area (Å²) in [5.41, 5.74) is -0.269. The first-order valence-electron chi connectivity index (χ1n) is 5.34. The molecule has 0 aromatic heterocycles. The summed E-state index contributed by atoms with van der Waals surface area (Å²) in [5.74, 6) is -1.82. The number of rotatable bonds is 4. The predicted molar refractivity (Wildman–Crippen MR) is 68.8 cm³/mol. The van der Waals surface area contributed by atoms with E-state index in [4.69, 9.17) is 10.2 Å². The molecule has 2 N–H and O–H groups in total. The van der Waals surface area contributed by atoms with E-state index in [1.165, 1.54) is 34.6 Å². The summed E-state index contributed by atoms with van der Waals surface area (Å²) in [6, 6.07) is 0. The minimum atomic E-state index is -0.412. The van der Waals surface area contributed by atoms with Gasteiger partial charge in [0.25, 0.3) is 0 Å². The van der Waals surface area contributed by atoms with Crippen molar-refractivity contribution in [3.8, 4) is 0 Å². The van der Waals surface area contributed by atoms with Crippen LogP contribution in [0.1, 0.15) is 34.6 Å². The number of hydrogen-bond donors (Lipinski definition) is 2. The molecule has 0 rings (SSSR count). The minimum absolute atomic E-state index is 0. The Kier molecular flexibility index (Phi) is 13.2. The third kappa shape index (κ3) is 9.33. The van der Waals surface area contributed by atoms with E-state index >= 15 is 0 Å². The summed E-state index contributed by atoms with van der Waals surface area (Å²) in [6.07, 6.45) is 0.532. The van der Waals surface area contributed by atoms with Gasteiger partial charge in [-0.25, -0.2) is 0 Å². The average molecular weight is 336 g/mol. The first-order valence-corrected chi connectivity index (χ1v) is 5.34. The van der Waals surface area contributed by atoms with Crippen molar-refractivity contribution in [1.29, 1.82) is 0 Å². The number of allylic oxidation sites excluding steroid dienone is 3. The molecule has 108 valence electrons. The molecule has 0 radical (unpaired) electrons. The third-order valence-corrected chi connectivity index (χ3v) is 1.95. The Balaban J connectivity index is -0.000000277. The summed E-state index contributed by atoms with van der Waals surface area (Å²) in [5, 5.41) is 17.1. The van der Waals surface area contributed by atoms with Gasteiger partial charge in [0, 0.05) is 19.5 Å². The molecule has 0 aliphatic carbocycles. The van der Waals surface area contributed by atoms with Crippen LogP contribution in [-0.2, 0) is 38.7 Å². The molecule has 0 heterocycles. The monoisotopic (exact) mass is 334 g/mol. The molecule has 0 aromatic rings. The van der Waals surface area contributed by atoms with Gasteiger partial charge in [-0.15, -0.1) is 0 Å². The first kappa shape index (κ1) is 23.5. The van der Waals surface area contributed by atoms with Crippen LogP contribution < -0.4 is 0 Å². The van der Waals surface area contributed by atoms with Gasteiger partial charge in [0.1, 0.15) is 5.76 Å². The maximum absolute atomic E-state index is 10.6. The number of Topliss-reactive ketones (excluding diaryl/α,β-unsaturated/α-hetero) is 4. The van der Waals surface area contributed by atoms with Crippen LogP contribution in [0, 0.1) is 0 Å². The van der Waals surface area contributed by atoms with E-state index in [0.29, 0.717) is 6.26 Å². The summed E-state index contributed by atoms with van der Waals surface area (Å²) in [6.45, 7) is 6.26. The first-order chi connectivity index (χ1) is 8.56. The molecular formula is C13H18O6Zn. The molecule has 0 unspecified atom stereocenters. The standard InChI is InChI=1S/C7H10O3.C6H8O3.Zn/c1-4(8)7(5(2)9)6(3)10;1-4(8)6(3-7)5(2)9;/h8H,1-3H3;3,7H,1-2H3;. The quantitative estimate of drug-likeness (QED) is 0.265. The molecule has 20 heavy (non-hydrogen) atoms. The molecule has 6 nitrogen and oxygen atoms in total. The molecule has 0 bridgehead atoms. The number of carbonyl (C=O) groups is 4. The van der Waals surface area contributed by atoms with Gasteiger partial charge in [-0.05, 0) is 34.6 Å². The second-order valence-electron chi connectivity index (χ2n) is 3.73. The van der Waals surface area contributed by atoms with Gasteiger partial charge in [-0.2, -0.15) is 0 Å². The molecule has 0 spiro atoms. The maximum atomic E-state index is 10.6. The van der Waals surface area contributed by atoms with Crippen LogP contribution in [0.2, 0.25) is 0 Å². The second-order valence-corrected chi connectivity index (χ2v) is 3.73. The average Bonchev–Trinajstić information content (AvgIpc) is 2.15. The Labute approximate surface area is 130 Å². The van der Waals surface area contributed by atoms with E-state index in [9.17, 15) is 19.2 Å². The van der Waals surface area contributed by atoms with E-state index in [1.54, 1.807) is 0 Å². The van der Waals surface area contributed by atoms with Crippen LogP contribution in [0.4, 0.5) is 0 Å². The van der Waals surface area contributed by atoms with Gasteiger partial charge < -0.3 is 10.2 Å². The fourth-order valence-electron chi connectivity index (χ4n) is 1.19. The van der Waals surface area contributed by atoms with Crippen molar-refractivity contribution >= 4 is 23.1 Å². The van der Waals surface area contributed by atoms with Crippen LogP contribution in [0.25, 0.3) is 0 Å². The summed E-state index contributed by atoms with van der Waals surface area (Å²) < 4.78 is 0. The SMILES string of the molecule is CC(=O)C(=CO)C(C)=O.CC(=O)C(C(C)=O)=C(C)O.[Zn]. The molecule has 0 atom stereocenters. The zero-order valence-electron chi connectivity index (χ0n) is 12.3. The molecule has 7 heteroatoms. The van der Waals surface area contributed by atoms with E-state index in [0.717, 1.165) is 0 Å². The molecule has 0 amide bonds. The van der Waals surface area contributed by atoms with Gasteiger partial charge in [0.15, 0.2) is 23.1 Å². The van der Waals surface area contributed by atoms with Gasteiger partial charge in [-0.1, -0.05) is 0 Å². The molecule has 0 aromatic carbocycles. The maximum Gasteiger partial charge on any atom is 0.166 e. The van der Waals surface area contributed by atoms with Crippen molar-refractivity contribution in [2.24, 2.45) is 0 Å². The number of carbonyl (C=O) groups excluding carboxylic acids is 4. The molecule has 0 saturated heterocycles. The van der Waals surface area contributed by atoms with Crippen LogP contribution >= 0.6 is 0 Å². The Bertz CT molecular complexity index is 423. The van der Waals surface area contributed by atoms with Crippen molar-refractivity contribution in [3.63, 3.8) is 0 Å².